The van der Waals surface area contributed by atoms with Crippen LogP contribution in [0.1, 0.15) is 54.3 Å². The summed E-state index contributed by atoms with van der Waals surface area (Å²) in [6.07, 6.45) is 8.60. The van der Waals surface area contributed by atoms with Gasteiger partial charge in [0.25, 0.3) is 0 Å². The van der Waals surface area contributed by atoms with E-state index < -0.39 is 0 Å². The molecule has 1 fully saturated rings. The first-order valence-corrected chi connectivity index (χ1v) is 9.49. The largest absolute Gasteiger partial charge is 0.305 e. The monoisotopic (exact) mass is 305 g/mol. The molecule has 1 N–H and O–H groups in total. The molecule has 1 aliphatic carbocycles. The van der Waals surface area contributed by atoms with E-state index in [2.05, 4.69) is 40.3 Å². The maximum absolute atomic E-state index is 3.77. The molecule has 3 heteroatoms. The molecule has 2 aromatic heterocycles. The fraction of sp³-hybridized carbons (Fsp3) is 0.529. The zero-order valence-corrected chi connectivity index (χ0v) is 13.5. The molecule has 0 aliphatic heterocycles. The average molecular weight is 306 g/mol. The van der Waals surface area contributed by atoms with E-state index in [1.54, 1.807) is 0 Å². The Morgan fingerprint density at radius 3 is 2.25 bits per heavy atom. The van der Waals surface area contributed by atoms with Crippen molar-refractivity contribution in [3.05, 3.63) is 44.8 Å². The molecule has 108 valence electrons. The van der Waals surface area contributed by atoms with Gasteiger partial charge in [-0.15, -0.1) is 22.7 Å². The maximum Gasteiger partial charge on any atom is 0.0764 e. The molecule has 2 aromatic rings. The predicted molar refractivity (Wildman–Crippen MR) is 89.7 cm³/mol. The lowest BCUT2D eigenvalue weighted by Crippen LogP contribution is -2.22. The minimum Gasteiger partial charge on any atom is -0.305 e. The molecule has 0 unspecified atom stereocenters. The van der Waals surface area contributed by atoms with Crippen LogP contribution in [0.5, 0.6) is 0 Å². The van der Waals surface area contributed by atoms with E-state index in [9.17, 15) is 0 Å². The highest BCUT2D eigenvalue weighted by molar-refractivity contribution is 7.11. The minimum absolute atomic E-state index is 0.401. The highest BCUT2D eigenvalue weighted by atomic mass is 32.1. The van der Waals surface area contributed by atoms with Gasteiger partial charge < -0.3 is 5.32 Å². The van der Waals surface area contributed by atoms with E-state index in [-0.39, 0.29) is 0 Å². The molecule has 3 rings (SSSR count). The molecule has 0 spiro atoms. The van der Waals surface area contributed by atoms with Gasteiger partial charge in [0.05, 0.1) is 6.04 Å². The zero-order chi connectivity index (χ0) is 13.6. The van der Waals surface area contributed by atoms with Gasteiger partial charge >= 0.3 is 0 Å². The molecule has 0 radical (unpaired) electrons. The van der Waals surface area contributed by atoms with Crippen molar-refractivity contribution in [2.75, 3.05) is 6.54 Å². The predicted octanol–water partition coefficient (Wildman–Crippen LogP) is 5.46. The fourth-order valence-electron chi connectivity index (χ4n) is 3.19. The molecule has 0 aromatic carbocycles. The highest BCUT2D eigenvalue weighted by Gasteiger charge is 2.17. The van der Waals surface area contributed by atoms with Gasteiger partial charge in [-0.2, -0.15) is 0 Å². The van der Waals surface area contributed by atoms with Crippen LogP contribution in [0.2, 0.25) is 0 Å². The second kappa shape index (κ2) is 7.39. The third kappa shape index (κ3) is 3.72. The van der Waals surface area contributed by atoms with E-state index in [0.717, 1.165) is 12.5 Å². The molecule has 0 bridgehead atoms. The summed E-state index contributed by atoms with van der Waals surface area (Å²) >= 11 is 3.71. The van der Waals surface area contributed by atoms with Crippen LogP contribution in [0.3, 0.4) is 0 Å². The van der Waals surface area contributed by atoms with E-state index in [4.69, 9.17) is 0 Å². The Morgan fingerprint density at radius 1 is 1.05 bits per heavy atom. The first-order valence-electron chi connectivity index (χ1n) is 7.73. The number of hydrogen-bond donors (Lipinski definition) is 1. The van der Waals surface area contributed by atoms with E-state index in [1.165, 1.54) is 48.3 Å². The number of thiophene rings is 2. The summed E-state index contributed by atoms with van der Waals surface area (Å²) in [5, 5.41) is 8.12. The second-order valence-corrected chi connectivity index (χ2v) is 7.67. The SMILES string of the molecule is c1csc(C(NCCCC2CCCC2)c2cccs2)c1. The van der Waals surface area contributed by atoms with Gasteiger partial charge in [-0.05, 0) is 48.2 Å². The van der Waals surface area contributed by atoms with Crippen LogP contribution in [0.15, 0.2) is 35.0 Å². The van der Waals surface area contributed by atoms with Crippen molar-refractivity contribution in [1.82, 2.24) is 5.32 Å². The van der Waals surface area contributed by atoms with Gasteiger partial charge in [-0.3, -0.25) is 0 Å². The Morgan fingerprint density at radius 2 is 1.70 bits per heavy atom. The van der Waals surface area contributed by atoms with Crippen molar-refractivity contribution < 1.29 is 0 Å². The van der Waals surface area contributed by atoms with Gasteiger partial charge in [-0.25, -0.2) is 0 Å². The normalized spacial score (nSPS) is 16.2. The first kappa shape index (κ1) is 14.3. The van der Waals surface area contributed by atoms with Crippen molar-refractivity contribution in [2.24, 2.45) is 5.92 Å². The Labute approximate surface area is 130 Å². The highest BCUT2D eigenvalue weighted by Crippen LogP contribution is 2.30. The van der Waals surface area contributed by atoms with Crippen molar-refractivity contribution in [1.29, 1.82) is 0 Å². The summed E-state index contributed by atoms with van der Waals surface area (Å²) in [6.45, 7) is 1.14. The topological polar surface area (TPSA) is 12.0 Å². The average Bonchev–Trinajstić information content (AvgIpc) is 3.22. The molecule has 0 atom stereocenters. The van der Waals surface area contributed by atoms with Crippen LogP contribution >= 0.6 is 22.7 Å². The molecule has 1 saturated carbocycles. The quantitative estimate of drug-likeness (QED) is 0.670. The van der Waals surface area contributed by atoms with Crippen LogP contribution in [-0.2, 0) is 0 Å². The van der Waals surface area contributed by atoms with Crippen LogP contribution < -0.4 is 5.32 Å². The lowest BCUT2D eigenvalue weighted by Gasteiger charge is -2.17. The standard InChI is InChI=1S/C17H23NS2/c1-2-7-14(6-1)8-3-11-18-17(15-9-4-12-19-15)16-10-5-13-20-16/h4-5,9-10,12-14,17-18H,1-3,6-8,11H2. The van der Waals surface area contributed by atoms with Gasteiger partial charge in [0.2, 0.25) is 0 Å². The summed E-state index contributed by atoms with van der Waals surface area (Å²) in [5.41, 5.74) is 0. The summed E-state index contributed by atoms with van der Waals surface area (Å²) in [5.74, 6) is 1.01. The molecule has 20 heavy (non-hydrogen) atoms. The number of nitrogens with one attached hydrogen (secondary N) is 1. The van der Waals surface area contributed by atoms with Crippen LogP contribution in [0, 0.1) is 5.92 Å². The van der Waals surface area contributed by atoms with Crippen molar-refractivity contribution in [3.63, 3.8) is 0 Å². The molecular weight excluding hydrogens is 282 g/mol. The van der Waals surface area contributed by atoms with Gasteiger partial charge in [0, 0.05) is 9.75 Å². The lowest BCUT2D eigenvalue weighted by molar-refractivity contribution is 0.463. The van der Waals surface area contributed by atoms with E-state index in [0.29, 0.717) is 6.04 Å². The van der Waals surface area contributed by atoms with Crippen molar-refractivity contribution in [3.8, 4) is 0 Å². The minimum atomic E-state index is 0.401. The summed E-state index contributed by atoms with van der Waals surface area (Å²) in [4.78, 5) is 2.88. The third-order valence-corrected chi connectivity index (χ3v) is 6.14. The van der Waals surface area contributed by atoms with Crippen LogP contribution in [0.25, 0.3) is 0 Å². The molecule has 2 heterocycles. The van der Waals surface area contributed by atoms with Gasteiger partial charge in [0.1, 0.15) is 0 Å². The van der Waals surface area contributed by atoms with Crippen LogP contribution in [0.4, 0.5) is 0 Å². The fourth-order valence-corrected chi connectivity index (χ4v) is 4.90. The Kier molecular flexibility index (Phi) is 5.29. The zero-order valence-electron chi connectivity index (χ0n) is 11.9. The van der Waals surface area contributed by atoms with Crippen molar-refractivity contribution in [2.45, 2.75) is 44.6 Å². The maximum atomic E-state index is 3.77. The second-order valence-electron chi connectivity index (χ2n) is 5.71. The molecule has 1 nitrogen and oxygen atoms in total. The first-order chi connectivity index (χ1) is 9.93. The van der Waals surface area contributed by atoms with Gasteiger partial charge in [0.15, 0.2) is 0 Å². The van der Waals surface area contributed by atoms with Gasteiger partial charge in [-0.1, -0.05) is 37.8 Å². The van der Waals surface area contributed by atoms with Crippen LogP contribution in [-0.4, -0.2) is 6.54 Å². The van der Waals surface area contributed by atoms with Crippen molar-refractivity contribution >= 4 is 22.7 Å². The van der Waals surface area contributed by atoms with E-state index >= 15 is 0 Å². The third-order valence-electron chi connectivity index (χ3n) is 4.27. The number of hydrogen-bond acceptors (Lipinski definition) is 3. The summed E-state index contributed by atoms with van der Waals surface area (Å²) in [6, 6.07) is 9.21. The molecule has 1 aliphatic rings. The summed E-state index contributed by atoms with van der Waals surface area (Å²) < 4.78 is 0. The molecule has 0 amide bonds. The molecular formula is C17H23NS2. The molecule has 0 saturated heterocycles. The smallest absolute Gasteiger partial charge is 0.0764 e. The Hall–Kier alpha value is -0.640. The van der Waals surface area contributed by atoms with E-state index in [1.807, 2.05) is 22.7 Å². The Balaban J connectivity index is 1.51. The number of rotatable bonds is 7. The Bertz CT molecular complexity index is 435. The summed E-state index contributed by atoms with van der Waals surface area (Å²) in [7, 11) is 0. The lowest BCUT2D eigenvalue weighted by atomic mass is 10.0.